The van der Waals surface area contributed by atoms with Gasteiger partial charge < -0.3 is 18.9 Å². The van der Waals surface area contributed by atoms with E-state index < -0.39 is 5.79 Å². The molecule has 0 amide bonds. The molecule has 2 fully saturated rings. The monoisotopic (exact) mass is 504 g/mol. The van der Waals surface area contributed by atoms with Crippen molar-refractivity contribution < 1.29 is 18.9 Å². The highest BCUT2D eigenvalue weighted by Crippen LogP contribution is 2.61. The van der Waals surface area contributed by atoms with Gasteiger partial charge in [0.25, 0.3) is 0 Å². The summed E-state index contributed by atoms with van der Waals surface area (Å²) in [7, 11) is 0. The van der Waals surface area contributed by atoms with Crippen LogP contribution in [0.15, 0.2) is 22.7 Å². The van der Waals surface area contributed by atoms with Crippen LogP contribution in [0.5, 0.6) is 0 Å². The van der Waals surface area contributed by atoms with Crippen molar-refractivity contribution in [3.05, 3.63) is 22.7 Å². The first-order valence-electron chi connectivity index (χ1n) is 9.95. The molecule has 0 aromatic heterocycles. The van der Waals surface area contributed by atoms with Crippen molar-refractivity contribution in [2.45, 2.75) is 88.3 Å². The maximum absolute atomic E-state index is 6.50. The molecule has 6 heteroatoms. The number of ether oxygens (including phenoxy) is 4. The van der Waals surface area contributed by atoms with E-state index in [0.717, 1.165) is 4.48 Å². The lowest BCUT2D eigenvalue weighted by Gasteiger charge is -2.58. The van der Waals surface area contributed by atoms with Crippen LogP contribution in [0.3, 0.4) is 0 Å². The van der Waals surface area contributed by atoms with E-state index in [1.54, 1.807) is 0 Å². The molecule has 4 nitrogen and oxygen atoms in total. The maximum atomic E-state index is 6.50. The number of allylic oxidation sites excluding steroid dienone is 1. The van der Waals surface area contributed by atoms with Crippen LogP contribution in [0, 0.1) is 17.8 Å². The van der Waals surface area contributed by atoms with Gasteiger partial charge in [-0.15, -0.1) is 0 Å². The Kier molecular flexibility index (Phi) is 5.26. The minimum atomic E-state index is -0.574. The first-order chi connectivity index (χ1) is 12.5. The molecule has 152 valence electrons. The molecule has 0 spiro atoms. The third kappa shape index (κ3) is 3.32. The number of hydrogen-bond donors (Lipinski definition) is 0. The third-order valence-corrected chi connectivity index (χ3v) is 7.98. The van der Waals surface area contributed by atoms with Gasteiger partial charge in [-0.05, 0) is 41.5 Å². The van der Waals surface area contributed by atoms with Gasteiger partial charge in [-0.2, -0.15) is 0 Å². The summed E-state index contributed by atoms with van der Waals surface area (Å²) in [6, 6.07) is 0. The summed E-state index contributed by atoms with van der Waals surface area (Å²) < 4.78 is 26.3. The number of hydrogen-bond acceptors (Lipinski definition) is 4. The summed E-state index contributed by atoms with van der Waals surface area (Å²) in [5.74, 6) is 0.173. The lowest BCUT2D eigenvalue weighted by Crippen LogP contribution is -2.66. The van der Waals surface area contributed by atoms with Crippen molar-refractivity contribution in [2.24, 2.45) is 17.8 Å². The average molecular weight is 506 g/mol. The highest BCUT2D eigenvalue weighted by molar-refractivity contribution is 9.11. The zero-order valence-corrected chi connectivity index (χ0v) is 20.0. The van der Waals surface area contributed by atoms with Gasteiger partial charge in [0, 0.05) is 22.2 Å². The predicted molar refractivity (Wildman–Crippen MR) is 112 cm³/mol. The lowest BCUT2D eigenvalue weighted by molar-refractivity contribution is -0.162. The molecule has 5 aliphatic rings. The second kappa shape index (κ2) is 6.92. The number of halogens is 2. The van der Waals surface area contributed by atoms with Crippen LogP contribution in [-0.2, 0) is 18.9 Å². The second-order valence-corrected chi connectivity index (χ2v) is 11.5. The highest BCUT2D eigenvalue weighted by atomic mass is 79.9. The van der Waals surface area contributed by atoms with Crippen molar-refractivity contribution in [2.75, 3.05) is 0 Å². The summed E-state index contributed by atoms with van der Waals surface area (Å²) >= 11 is 7.88. The molecule has 0 radical (unpaired) electrons. The van der Waals surface area contributed by atoms with Crippen molar-refractivity contribution in [1.29, 1.82) is 0 Å². The summed E-state index contributed by atoms with van der Waals surface area (Å²) in [6.07, 6.45) is 7.00. The second-order valence-electron chi connectivity index (χ2n) is 9.19. The van der Waals surface area contributed by atoms with Crippen molar-refractivity contribution >= 4 is 31.9 Å². The molecule has 2 bridgehead atoms. The highest BCUT2D eigenvalue weighted by Gasteiger charge is 2.67. The van der Waals surface area contributed by atoms with Gasteiger partial charge in [0.15, 0.2) is 5.79 Å². The van der Waals surface area contributed by atoms with E-state index in [0.29, 0.717) is 0 Å². The Morgan fingerprint density at radius 1 is 1.07 bits per heavy atom. The van der Waals surface area contributed by atoms with Crippen molar-refractivity contribution in [3.63, 3.8) is 0 Å². The third-order valence-electron chi connectivity index (χ3n) is 6.02. The van der Waals surface area contributed by atoms with Gasteiger partial charge >= 0.3 is 0 Å². The molecule has 4 aliphatic carbocycles. The van der Waals surface area contributed by atoms with Crippen LogP contribution < -0.4 is 0 Å². The standard InChI is InChI=1S/C21H30Br2O4/c1-10(2)24-17-14(22)9-13-15(18(17)25-11(3)4)12-7-8-21(13,23)19-16(12)26-20(5,6)27-19/h7-13,15-19H,1-6H3/t12-,13+,15+,16-,17+,18-,19-,21-/m0/s1. The molecule has 5 rings (SSSR count). The molecule has 27 heavy (non-hydrogen) atoms. The summed E-state index contributed by atoms with van der Waals surface area (Å²) in [4.78, 5) is 0. The van der Waals surface area contributed by atoms with E-state index in [-0.39, 0.29) is 58.7 Å². The fourth-order valence-corrected chi connectivity index (χ4v) is 6.85. The molecule has 1 heterocycles. The topological polar surface area (TPSA) is 36.9 Å². The Morgan fingerprint density at radius 2 is 1.74 bits per heavy atom. The van der Waals surface area contributed by atoms with Gasteiger partial charge in [-0.1, -0.05) is 50.1 Å². The smallest absolute Gasteiger partial charge is 0.163 e. The van der Waals surface area contributed by atoms with Gasteiger partial charge in [0.1, 0.15) is 12.2 Å². The molecule has 1 aliphatic heterocycles. The van der Waals surface area contributed by atoms with E-state index in [1.165, 1.54) is 0 Å². The number of rotatable bonds is 4. The molecule has 8 atom stereocenters. The molecule has 1 saturated carbocycles. The SMILES string of the molecule is CC(C)O[C@H]1[C@@H]2[C@@H]3C=C[C@](Br)([C@@H]2C=C(Br)[C@H]1OC(C)C)[C@H]1OC(C)(C)O[C@@H]31. The quantitative estimate of drug-likeness (QED) is 0.400. The molecule has 0 N–H and O–H groups in total. The van der Waals surface area contributed by atoms with E-state index in [9.17, 15) is 0 Å². The van der Waals surface area contributed by atoms with Gasteiger partial charge in [-0.3, -0.25) is 0 Å². The maximum Gasteiger partial charge on any atom is 0.163 e. The normalized spacial score (nSPS) is 47.3. The molecule has 0 unspecified atom stereocenters. The van der Waals surface area contributed by atoms with E-state index in [1.807, 2.05) is 13.8 Å². The van der Waals surface area contributed by atoms with Crippen molar-refractivity contribution in [1.82, 2.24) is 0 Å². The Morgan fingerprint density at radius 3 is 2.37 bits per heavy atom. The van der Waals surface area contributed by atoms with Crippen LogP contribution in [0.4, 0.5) is 0 Å². The number of alkyl halides is 1. The Bertz CT molecular complexity index is 659. The van der Waals surface area contributed by atoms with Crippen LogP contribution >= 0.6 is 31.9 Å². The molecule has 0 aromatic rings. The zero-order chi connectivity index (χ0) is 19.7. The average Bonchev–Trinajstić information content (AvgIpc) is 2.88. The fraction of sp³-hybridized carbons (Fsp3) is 0.810. The zero-order valence-electron chi connectivity index (χ0n) is 16.8. The van der Waals surface area contributed by atoms with Crippen molar-refractivity contribution in [3.8, 4) is 0 Å². The molecule has 0 aromatic carbocycles. The summed E-state index contributed by atoms with van der Waals surface area (Å²) in [5.41, 5.74) is 0. The lowest BCUT2D eigenvalue weighted by atomic mass is 9.56. The summed E-state index contributed by atoms with van der Waals surface area (Å²) in [5, 5.41) is 0. The van der Waals surface area contributed by atoms with Crippen LogP contribution in [0.2, 0.25) is 0 Å². The molecular weight excluding hydrogens is 476 g/mol. The Hall–Kier alpha value is 0.280. The van der Waals surface area contributed by atoms with E-state index in [2.05, 4.69) is 77.8 Å². The van der Waals surface area contributed by atoms with Gasteiger partial charge in [0.2, 0.25) is 0 Å². The van der Waals surface area contributed by atoms with Gasteiger partial charge in [-0.25, -0.2) is 0 Å². The van der Waals surface area contributed by atoms with Gasteiger partial charge in [0.05, 0.1) is 28.7 Å². The first kappa shape index (κ1) is 20.5. The van der Waals surface area contributed by atoms with E-state index >= 15 is 0 Å². The van der Waals surface area contributed by atoms with E-state index in [4.69, 9.17) is 18.9 Å². The largest absolute Gasteiger partial charge is 0.372 e. The van der Waals surface area contributed by atoms with Crippen LogP contribution in [-0.4, -0.2) is 46.7 Å². The summed E-state index contributed by atoms with van der Waals surface area (Å²) in [6.45, 7) is 12.3. The van der Waals surface area contributed by atoms with Crippen LogP contribution in [0.25, 0.3) is 0 Å². The Labute approximate surface area is 179 Å². The first-order valence-corrected chi connectivity index (χ1v) is 11.5. The minimum Gasteiger partial charge on any atom is -0.372 e. The minimum absolute atomic E-state index is 0.0115. The predicted octanol–water partition coefficient (Wildman–Crippen LogP) is 4.95. The molecular formula is C21H30Br2O4. The molecule has 1 saturated heterocycles. The van der Waals surface area contributed by atoms with Crippen LogP contribution in [0.1, 0.15) is 41.5 Å². The Balaban J connectivity index is 1.77. The fourth-order valence-electron chi connectivity index (χ4n) is 5.26.